The van der Waals surface area contributed by atoms with Crippen molar-refractivity contribution in [3.8, 4) is 0 Å². The molecule has 4 aliphatic rings. The van der Waals surface area contributed by atoms with Gasteiger partial charge in [-0.15, -0.1) is 16.4 Å². The summed E-state index contributed by atoms with van der Waals surface area (Å²) in [5.74, 6) is 3.10. The van der Waals surface area contributed by atoms with Gasteiger partial charge in [0.2, 0.25) is 0 Å². The van der Waals surface area contributed by atoms with E-state index in [0.717, 1.165) is 40.9 Å². The van der Waals surface area contributed by atoms with Crippen LogP contribution in [0, 0.1) is 38.0 Å². The van der Waals surface area contributed by atoms with Crippen molar-refractivity contribution in [3.63, 3.8) is 0 Å². The number of hydrogen-bond acceptors (Lipinski definition) is 7. The molecule has 0 spiro atoms. The van der Waals surface area contributed by atoms with Crippen LogP contribution >= 0.6 is 11.3 Å². The highest BCUT2D eigenvalue weighted by Crippen LogP contribution is 2.67. The molecule has 7 nitrogen and oxygen atoms in total. The maximum Gasteiger partial charge on any atom is 0.433 e. The molecule has 5 aromatic heterocycles. The molecule has 39 heavy (non-hydrogen) atoms. The van der Waals surface area contributed by atoms with Crippen LogP contribution in [0.4, 0.5) is 13.2 Å². The second-order valence-electron chi connectivity index (χ2n) is 12.4. The van der Waals surface area contributed by atoms with Gasteiger partial charge in [-0.25, -0.2) is 19.5 Å². The largest absolute Gasteiger partial charge is 0.433 e. The Labute approximate surface area is 225 Å². The zero-order valence-corrected chi connectivity index (χ0v) is 22.7. The average molecular weight is 553 g/mol. The number of pyridine rings is 1. The summed E-state index contributed by atoms with van der Waals surface area (Å²) in [5.41, 5.74) is 3.46. The lowest BCUT2D eigenvalue weighted by atomic mass is 9.42. The lowest BCUT2D eigenvalue weighted by Gasteiger charge is -2.62. The molecular weight excluding hydrogens is 525 g/mol. The Morgan fingerprint density at radius 2 is 1.87 bits per heavy atom. The molecule has 4 aliphatic carbocycles. The van der Waals surface area contributed by atoms with Gasteiger partial charge in [-0.3, -0.25) is 0 Å². The Balaban J connectivity index is 1.21. The number of aryl methyl sites for hydroxylation is 3. The molecule has 0 amide bonds. The number of thiophene rings is 1. The zero-order valence-electron chi connectivity index (χ0n) is 21.9. The van der Waals surface area contributed by atoms with Gasteiger partial charge in [-0.1, -0.05) is 5.16 Å². The second-order valence-corrected chi connectivity index (χ2v) is 13.4. The average Bonchev–Trinajstić information content (AvgIpc) is 3.51. The van der Waals surface area contributed by atoms with Crippen molar-refractivity contribution < 1.29 is 17.7 Å². The molecule has 2 unspecified atom stereocenters. The third-order valence-corrected chi connectivity index (χ3v) is 10.6. The number of fused-ring (bicyclic) bond motifs is 5. The van der Waals surface area contributed by atoms with E-state index in [1.807, 2.05) is 6.92 Å². The van der Waals surface area contributed by atoms with E-state index in [0.29, 0.717) is 38.8 Å². The molecule has 9 rings (SSSR count). The molecular formula is C28H27F3N6OS. The predicted octanol–water partition coefficient (Wildman–Crippen LogP) is 6.90. The molecule has 0 N–H and O–H groups in total. The van der Waals surface area contributed by atoms with Crippen LogP contribution in [-0.4, -0.2) is 29.7 Å². The Bertz CT molecular complexity index is 1780. The highest BCUT2D eigenvalue weighted by molar-refractivity contribution is 7.26. The minimum atomic E-state index is -4.50. The number of alkyl halides is 3. The molecule has 4 saturated carbocycles. The van der Waals surface area contributed by atoms with Crippen LogP contribution in [0.25, 0.3) is 26.1 Å². The first kappa shape index (κ1) is 23.8. The quantitative estimate of drug-likeness (QED) is 0.242. The monoisotopic (exact) mass is 552 g/mol. The van der Waals surface area contributed by atoms with Gasteiger partial charge in [0, 0.05) is 22.8 Å². The molecule has 5 heterocycles. The summed E-state index contributed by atoms with van der Waals surface area (Å²) >= 11 is 1.21. The second kappa shape index (κ2) is 7.56. The van der Waals surface area contributed by atoms with Gasteiger partial charge in [0.15, 0.2) is 11.5 Å². The summed E-state index contributed by atoms with van der Waals surface area (Å²) in [5, 5.41) is 9.78. The minimum absolute atomic E-state index is 0.108. The van der Waals surface area contributed by atoms with Crippen LogP contribution in [0.15, 0.2) is 16.9 Å². The number of hydrogen-bond donors (Lipinski definition) is 0. The summed E-state index contributed by atoms with van der Waals surface area (Å²) < 4.78 is 48.3. The van der Waals surface area contributed by atoms with Gasteiger partial charge in [-0.05, 0) is 88.2 Å². The molecule has 0 radical (unpaired) electrons. The molecule has 0 aliphatic heterocycles. The van der Waals surface area contributed by atoms with Crippen molar-refractivity contribution in [1.29, 1.82) is 0 Å². The van der Waals surface area contributed by atoms with Crippen molar-refractivity contribution in [2.45, 2.75) is 77.3 Å². The van der Waals surface area contributed by atoms with Crippen molar-refractivity contribution in [1.82, 2.24) is 29.7 Å². The lowest BCUT2D eigenvalue weighted by Crippen LogP contribution is -2.55. The number of rotatable bonds is 3. The van der Waals surface area contributed by atoms with E-state index in [4.69, 9.17) is 14.6 Å². The highest BCUT2D eigenvalue weighted by Gasteiger charge is 2.59. The third-order valence-electron chi connectivity index (χ3n) is 9.58. The number of halogens is 3. The summed E-state index contributed by atoms with van der Waals surface area (Å²) in [6, 6.07) is 1.09. The van der Waals surface area contributed by atoms with E-state index in [-0.39, 0.29) is 10.8 Å². The van der Waals surface area contributed by atoms with Crippen LogP contribution in [0.2, 0.25) is 0 Å². The normalized spacial score (nSPS) is 28.5. The first-order valence-electron chi connectivity index (χ1n) is 13.5. The summed E-state index contributed by atoms with van der Waals surface area (Å²) in [7, 11) is 0. The summed E-state index contributed by atoms with van der Waals surface area (Å²) in [6.07, 6.45) is 5.07. The number of aromatic nitrogens is 6. The van der Waals surface area contributed by atoms with E-state index in [9.17, 15) is 13.2 Å². The van der Waals surface area contributed by atoms with E-state index < -0.39 is 11.9 Å². The van der Waals surface area contributed by atoms with E-state index in [1.54, 1.807) is 17.8 Å². The molecule has 0 aromatic carbocycles. The molecule has 4 fully saturated rings. The molecule has 2 atom stereocenters. The van der Waals surface area contributed by atoms with Crippen LogP contribution in [0.1, 0.15) is 72.6 Å². The number of nitrogens with zero attached hydrogens (tertiary/aromatic N) is 6. The van der Waals surface area contributed by atoms with Crippen LogP contribution in [-0.2, 0) is 18.0 Å². The molecule has 11 heteroatoms. The molecule has 202 valence electrons. The van der Waals surface area contributed by atoms with Gasteiger partial charge < -0.3 is 4.52 Å². The Hall–Kier alpha value is -3.08. The first-order valence-corrected chi connectivity index (χ1v) is 14.3. The topological polar surface area (TPSA) is 82.0 Å². The Morgan fingerprint density at radius 3 is 2.56 bits per heavy atom. The van der Waals surface area contributed by atoms with E-state index in [2.05, 4.69) is 22.0 Å². The summed E-state index contributed by atoms with van der Waals surface area (Å²) in [4.78, 5) is 13.8. The zero-order chi connectivity index (χ0) is 26.9. The van der Waals surface area contributed by atoms with E-state index in [1.165, 1.54) is 49.0 Å². The predicted molar refractivity (Wildman–Crippen MR) is 140 cm³/mol. The SMILES string of the molecule is Cc1noc(C)c1C12CC3CC(CC(Cc4nc5c6sc7nc(C(F)(F)F)cc(C)c7c6ncn5n4)(C3)C1)C2. The van der Waals surface area contributed by atoms with Crippen molar-refractivity contribution >= 4 is 37.4 Å². The fourth-order valence-corrected chi connectivity index (χ4v) is 10.2. The third kappa shape index (κ3) is 3.37. The lowest BCUT2D eigenvalue weighted by molar-refractivity contribution is -0.141. The van der Waals surface area contributed by atoms with Crippen LogP contribution in [0.5, 0.6) is 0 Å². The van der Waals surface area contributed by atoms with E-state index >= 15 is 0 Å². The molecule has 4 bridgehead atoms. The minimum Gasteiger partial charge on any atom is -0.361 e. The van der Waals surface area contributed by atoms with Gasteiger partial charge in [0.25, 0.3) is 0 Å². The Kier molecular flexibility index (Phi) is 4.61. The van der Waals surface area contributed by atoms with Crippen molar-refractivity contribution in [2.75, 3.05) is 0 Å². The maximum atomic E-state index is 13.4. The molecule has 5 aromatic rings. The molecule has 0 saturated heterocycles. The fraction of sp³-hybridized carbons (Fsp3) is 0.536. The standard InChI is InChI=1S/C28H27F3N6OS/c1-13-4-18(28(29,30)31)33-25-20(13)22-23(39-25)24-34-19(35-37(24)12-32-22)10-26-6-16-5-17(7-26)9-27(8-16,11-26)21-14(2)36-38-15(21)3/h4,12,16-17H,5-11H2,1-3H3. The summed E-state index contributed by atoms with van der Waals surface area (Å²) in [6.45, 7) is 5.79. The van der Waals surface area contributed by atoms with Gasteiger partial charge in [0.1, 0.15) is 27.3 Å². The van der Waals surface area contributed by atoms with Crippen molar-refractivity contribution in [2.24, 2.45) is 17.3 Å². The van der Waals surface area contributed by atoms with Gasteiger partial charge >= 0.3 is 6.18 Å². The smallest absolute Gasteiger partial charge is 0.361 e. The van der Waals surface area contributed by atoms with Crippen LogP contribution < -0.4 is 0 Å². The highest BCUT2D eigenvalue weighted by atomic mass is 32.1. The first-order chi connectivity index (χ1) is 18.5. The Morgan fingerprint density at radius 1 is 1.10 bits per heavy atom. The van der Waals surface area contributed by atoms with Gasteiger partial charge in [-0.2, -0.15) is 13.2 Å². The van der Waals surface area contributed by atoms with Gasteiger partial charge in [0.05, 0.1) is 11.2 Å². The van der Waals surface area contributed by atoms with Crippen molar-refractivity contribution in [3.05, 3.63) is 46.5 Å². The fourth-order valence-electron chi connectivity index (χ4n) is 9.00. The maximum absolute atomic E-state index is 13.4. The van der Waals surface area contributed by atoms with Crippen LogP contribution in [0.3, 0.4) is 0 Å².